The summed E-state index contributed by atoms with van der Waals surface area (Å²) in [6.07, 6.45) is 3.17. The van der Waals surface area contributed by atoms with E-state index in [2.05, 4.69) is 49.2 Å². The van der Waals surface area contributed by atoms with Gasteiger partial charge < -0.3 is 31.4 Å². The van der Waals surface area contributed by atoms with Gasteiger partial charge in [0, 0.05) is 37.4 Å². The third-order valence-corrected chi connectivity index (χ3v) is 7.06. The molecule has 3 aromatic heterocycles. The molecule has 2 fully saturated rings. The second-order valence-corrected chi connectivity index (χ2v) is 9.15. The number of rotatable bonds is 5. The number of hydrogen-bond donors (Lipinski definition) is 4. The average molecular weight is 460 g/mol. The molecule has 0 bridgehead atoms. The van der Waals surface area contributed by atoms with Crippen molar-refractivity contribution in [3.63, 3.8) is 0 Å². The fourth-order valence-electron chi connectivity index (χ4n) is 5.22. The topological polar surface area (TPSA) is 161 Å². The SMILES string of the molecule is CNc1cc(C)cc2c1[nH]c1nc(Oc3cnc(C)nc3)nc(N3CC4C(C3)C4(N)C(N)=O)c12. The molecule has 4 aromatic rings. The summed E-state index contributed by atoms with van der Waals surface area (Å²) < 4.78 is 5.93. The maximum Gasteiger partial charge on any atom is 0.326 e. The molecule has 1 aliphatic heterocycles. The number of nitrogens with one attached hydrogen (secondary N) is 2. The zero-order valence-electron chi connectivity index (χ0n) is 19.1. The molecule has 1 amide bonds. The zero-order valence-corrected chi connectivity index (χ0v) is 19.1. The van der Waals surface area contributed by atoms with E-state index >= 15 is 0 Å². The summed E-state index contributed by atoms with van der Waals surface area (Å²) in [5.41, 5.74) is 14.6. The first-order valence-corrected chi connectivity index (χ1v) is 11.1. The van der Waals surface area contributed by atoms with Crippen molar-refractivity contribution in [2.45, 2.75) is 19.4 Å². The second kappa shape index (κ2) is 7.00. The van der Waals surface area contributed by atoms with Crippen LogP contribution in [0.1, 0.15) is 11.4 Å². The standard InChI is InChI=1S/C23H25N9O2/c1-10-4-13-17-19(29-18(13)16(5-10)26-3)30-22(34-12-6-27-11(2)28-7-12)31-20(17)32-8-14-15(9-32)23(14,25)21(24)33/h4-7,14-15,26H,8-9,25H2,1-3H3,(H2,24,33)(H,29,30,31). The number of nitrogens with two attached hydrogens (primary N) is 2. The Morgan fingerprint density at radius 2 is 1.91 bits per heavy atom. The predicted molar refractivity (Wildman–Crippen MR) is 128 cm³/mol. The summed E-state index contributed by atoms with van der Waals surface area (Å²) in [6, 6.07) is 4.37. The number of amides is 1. The van der Waals surface area contributed by atoms with Crippen LogP contribution < -0.4 is 26.4 Å². The van der Waals surface area contributed by atoms with Crippen LogP contribution in [-0.4, -0.2) is 56.5 Å². The minimum absolute atomic E-state index is 0.00435. The Balaban J connectivity index is 1.49. The first-order chi connectivity index (χ1) is 16.3. The van der Waals surface area contributed by atoms with Gasteiger partial charge in [-0.2, -0.15) is 9.97 Å². The van der Waals surface area contributed by atoms with Crippen LogP contribution in [0.5, 0.6) is 11.8 Å². The Hall–Kier alpha value is -3.99. The maximum atomic E-state index is 11.9. The molecule has 11 heteroatoms. The minimum atomic E-state index is -0.933. The number of fused-ring (bicyclic) bond motifs is 4. The number of H-pyrrole nitrogens is 1. The Labute approximate surface area is 194 Å². The van der Waals surface area contributed by atoms with Gasteiger partial charge in [-0.25, -0.2) is 9.97 Å². The first kappa shape index (κ1) is 20.6. The van der Waals surface area contributed by atoms with Gasteiger partial charge in [0.2, 0.25) is 5.91 Å². The number of nitrogens with zero attached hydrogens (tertiary/aromatic N) is 5. The van der Waals surface area contributed by atoms with Gasteiger partial charge in [-0.1, -0.05) is 0 Å². The molecule has 1 saturated heterocycles. The van der Waals surface area contributed by atoms with Gasteiger partial charge in [-0.3, -0.25) is 4.79 Å². The maximum absolute atomic E-state index is 11.9. The molecule has 2 unspecified atom stereocenters. The van der Waals surface area contributed by atoms with Crippen molar-refractivity contribution in [2.24, 2.45) is 23.3 Å². The number of aryl methyl sites for hydroxylation is 2. The summed E-state index contributed by atoms with van der Waals surface area (Å²) in [6.45, 7) is 5.02. The van der Waals surface area contributed by atoms with Gasteiger partial charge in [-0.15, -0.1) is 0 Å². The Kier molecular flexibility index (Phi) is 4.24. The van der Waals surface area contributed by atoms with Crippen molar-refractivity contribution < 1.29 is 9.53 Å². The highest BCUT2D eigenvalue weighted by molar-refractivity contribution is 6.15. The highest BCUT2D eigenvalue weighted by Crippen LogP contribution is 2.54. The van der Waals surface area contributed by atoms with Crippen molar-refractivity contribution in [1.82, 2.24) is 24.9 Å². The van der Waals surface area contributed by atoms with Crippen molar-refractivity contribution in [2.75, 3.05) is 30.4 Å². The molecule has 2 aliphatic rings. The molecule has 1 aliphatic carbocycles. The van der Waals surface area contributed by atoms with Crippen molar-refractivity contribution in [3.05, 3.63) is 35.9 Å². The summed E-state index contributed by atoms with van der Waals surface area (Å²) in [5.74, 6) is 1.38. The molecule has 1 aromatic carbocycles. The molecule has 2 atom stereocenters. The number of benzene rings is 1. The van der Waals surface area contributed by atoms with E-state index in [0.717, 1.165) is 33.4 Å². The molecule has 174 valence electrons. The lowest BCUT2D eigenvalue weighted by Gasteiger charge is -2.24. The Morgan fingerprint density at radius 3 is 2.56 bits per heavy atom. The molecule has 6 N–H and O–H groups in total. The molecule has 34 heavy (non-hydrogen) atoms. The predicted octanol–water partition coefficient (Wildman–Crippen LogP) is 1.60. The van der Waals surface area contributed by atoms with E-state index in [1.54, 1.807) is 19.3 Å². The quantitative estimate of drug-likeness (QED) is 0.347. The molecule has 0 radical (unpaired) electrons. The number of aromatic amines is 1. The fraction of sp³-hybridized carbons (Fsp3) is 0.348. The van der Waals surface area contributed by atoms with Gasteiger partial charge in [0.1, 0.15) is 22.8 Å². The van der Waals surface area contributed by atoms with Crippen LogP contribution in [0.3, 0.4) is 0 Å². The lowest BCUT2D eigenvalue weighted by molar-refractivity contribution is -0.120. The Morgan fingerprint density at radius 1 is 1.21 bits per heavy atom. The summed E-state index contributed by atoms with van der Waals surface area (Å²) in [7, 11) is 1.89. The van der Waals surface area contributed by atoms with Gasteiger partial charge in [0.25, 0.3) is 0 Å². The number of hydrogen-bond acceptors (Lipinski definition) is 9. The number of aromatic nitrogens is 5. The van der Waals surface area contributed by atoms with E-state index in [-0.39, 0.29) is 17.8 Å². The second-order valence-electron chi connectivity index (χ2n) is 9.15. The van der Waals surface area contributed by atoms with Crippen LogP contribution in [0.4, 0.5) is 11.5 Å². The third-order valence-electron chi connectivity index (χ3n) is 7.06. The van der Waals surface area contributed by atoms with E-state index in [4.69, 9.17) is 21.2 Å². The van der Waals surface area contributed by atoms with Gasteiger partial charge in [0.05, 0.1) is 29.0 Å². The lowest BCUT2D eigenvalue weighted by atomic mass is 10.1. The normalized spacial score (nSPS) is 23.4. The summed E-state index contributed by atoms with van der Waals surface area (Å²) >= 11 is 0. The molecular formula is C23H25N9O2. The summed E-state index contributed by atoms with van der Waals surface area (Å²) in [4.78, 5) is 35.3. The van der Waals surface area contributed by atoms with Crippen LogP contribution in [0.25, 0.3) is 21.9 Å². The smallest absolute Gasteiger partial charge is 0.326 e. The van der Waals surface area contributed by atoms with E-state index in [1.807, 2.05) is 7.05 Å². The third kappa shape index (κ3) is 2.90. The number of primary amides is 1. The molecule has 6 rings (SSSR count). The first-order valence-electron chi connectivity index (χ1n) is 11.1. The van der Waals surface area contributed by atoms with Crippen LogP contribution in [0.15, 0.2) is 24.5 Å². The highest BCUT2D eigenvalue weighted by Gasteiger charge is 2.70. The number of piperidine rings is 1. The fourth-order valence-corrected chi connectivity index (χ4v) is 5.22. The molecule has 0 spiro atoms. The van der Waals surface area contributed by atoms with Crippen molar-refractivity contribution >= 4 is 39.3 Å². The minimum Gasteiger partial charge on any atom is -0.421 e. The Bertz CT molecular complexity index is 1450. The monoisotopic (exact) mass is 459 g/mol. The number of carbonyl (C=O) groups is 1. The number of ether oxygens (including phenoxy) is 1. The summed E-state index contributed by atoms with van der Waals surface area (Å²) in [5, 5.41) is 5.15. The van der Waals surface area contributed by atoms with E-state index in [1.165, 1.54) is 0 Å². The van der Waals surface area contributed by atoms with Crippen molar-refractivity contribution in [3.8, 4) is 11.8 Å². The molecule has 11 nitrogen and oxygen atoms in total. The highest BCUT2D eigenvalue weighted by atomic mass is 16.5. The van der Waals surface area contributed by atoms with Gasteiger partial charge >= 0.3 is 6.01 Å². The van der Waals surface area contributed by atoms with Gasteiger partial charge in [0.15, 0.2) is 5.75 Å². The lowest BCUT2D eigenvalue weighted by Crippen LogP contribution is -2.47. The number of carbonyl (C=O) groups excluding carboxylic acids is 1. The average Bonchev–Trinajstić information content (AvgIpc) is 3.14. The molecule has 1 saturated carbocycles. The van der Waals surface area contributed by atoms with Crippen LogP contribution in [-0.2, 0) is 4.79 Å². The van der Waals surface area contributed by atoms with E-state index < -0.39 is 11.4 Å². The van der Waals surface area contributed by atoms with Crippen LogP contribution in [0, 0.1) is 25.7 Å². The molecular weight excluding hydrogens is 434 g/mol. The van der Waals surface area contributed by atoms with Crippen molar-refractivity contribution in [1.29, 1.82) is 0 Å². The van der Waals surface area contributed by atoms with Gasteiger partial charge in [-0.05, 0) is 31.5 Å². The van der Waals surface area contributed by atoms with Crippen LogP contribution >= 0.6 is 0 Å². The van der Waals surface area contributed by atoms with E-state index in [9.17, 15) is 4.79 Å². The number of anilines is 2. The van der Waals surface area contributed by atoms with E-state index in [0.29, 0.717) is 30.3 Å². The van der Waals surface area contributed by atoms with Crippen LogP contribution in [0.2, 0.25) is 0 Å². The largest absolute Gasteiger partial charge is 0.421 e. The molecule has 4 heterocycles. The zero-order chi connectivity index (χ0) is 23.8.